The molecule has 4 nitrogen and oxygen atoms in total. The zero-order valence-electron chi connectivity index (χ0n) is 11.6. The van der Waals surface area contributed by atoms with Gasteiger partial charge in [-0.2, -0.15) is 5.06 Å². The Morgan fingerprint density at radius 1 is 1.26 bits per heavy atom. The number of piperidine rings is 1. The molecule has 3 aliphatic rings. The molecule has 2 amide bonds. The third-order valence-electron chi connectivity index (χ3n) is 5.15. The highest BCUT2D eigenvalue weighted by Crippen LogP contribution is 2.48. The van der Waals surface area contributed by atoms with Gasteiger partial charge in [-0.3, -0.25) is 4.84 Å². The summed E-state index contributed by atoms with van der Waals surface area (Å²) in [6.07, 6.45) is 10.7. The molecule has 3 fully saturated rings. The molecule has 4 heteroatoms. The number of hydrogen-bond donors (Lipinski definition) is 0. The van der Waals surface area contributed by atoms with Gasteiger partial charge in [0.2, 0.25) is 0 Å². The van der Waals surface area contributed by atoms with Crippen molar-refractivity contribution in [2.75, 3.05) is 19.7 Å². The van der Waals surface area contributed by atoms with Crippen LogP contribution in [0.4, 0.5) is 4.79 Å². The minimum Gasteiger partial charge on any atom is -0.321 e. The molecule has 2 aliphatic heterocycles. The van der Waals surface area contributed by atoms with Crippen molar-refractivity contribution in [3.8, 4) is 0 Å². The topological polar surface area (TPSA) is 32.8 Å². The zero-order valence-corrected chi connectivity index (χ0v) is 11.6. The van der Waals surface area contributed by atoms with Gasteiger partial charge >= 0.3 is 6.03 Å². The molecule has 1 atom stereocenters. The van der Waals surface area contributed by atoms with Gasteiger partial charge < -0.3 is 4.90 Å². The van der Waals surface area contributed by atoms with Gasteiger partial charge in [0.15, 0.2) is 0 Å². The lowest BCUT2D eigenvalue weighted by atomic mass is 9.70. The number of carbonyl (C=O) groups is 1. The van der Waals surface area contributed by atoms with Gasteiger partial charge in [0.05, 0.1) is 12.6 Å². The molecule has 1 spiro atoms. The van der Waals surface area contributed by atoms with Crippen LogP contribution in [0, 0.1) is 5.41 Å². The molecule has 2 bridgehead atoms. The second-order valence-corrected chi connectivity index (χ2v) is 6.18. The maximum atomic E-state index is 12.3. The first-order chi connectivity index (χ1) is 9.27. The molecule has 0 unspecified atom stereocenters. The van der Waals surface area contributed by atoms with Crippen LogP contribution in [0.1, 0.15) is 44.9 Å². The minimum atomic E-state index is 0.0629. The lowest BCUT2D eigenvalue weighted by Crippen LogP contribution is -2.48. The Balaban J connectivity index is 1.82. The first-order valence-corrected chi connectivity index (χ1v) is 7.59. The van der Waals surface area contributed by atoms with E-state index in [1.807, 2.05) is 4.90 Å². The van der Waals surface area contributed by atoms with E-state index in [0.717, 1.165) is 19.5 Å². The van der Waals surface area contributed by atoms with Crippen LogP contribution in [0.15, 0.2) is 12.7 Å². The molecule has 2 heterocycles. The number of rotatable bonds is 3. The maximum absolute atomic E-state index is 12.3. The summed E-state index contributed by atoms with van der Waals surface area (Å²) in [5.41, 5.74) is 0.306. The molecule has 1 saturated carbocycles. The quantitative estimate of drug-likeness (QED) is 0.734. The maximum Gasteiger partial charge on any atom is 0.344 e. The molecular formula is C15H24N2O2. The number of amides is 2. The summed E-state index contributed by atoms with van der Waals surface area (Å²) in [4.78, 5) is 19.9. The molecule has 106 valence electrons. The van der Waals surface area contributed by atoms with Crippen molar-refractivity contribution in [3.05, 3.63) is 12.7 Å². The fraction of sp³-hybridized carbons (Fsp3) is 0.800. The number of hydrogen-bond acceptors (Lipinski definition) is 2. The van der Waals surface area contributed by atoms with E-state index < -0.39 is 0 Å². The van der Waals surface area contributed by atoms with Crippen LogP contribution >= 0.6 is 0 Å². The third kappa shape index (κ3) is 2.16. The summed E-state index contributed by atoms with van der Waals surface area (Å²) in [6, 6.07) is 0.319. The summed E-state index contributed by atoms with van der Waals surface area (Å²) in [7, 11) is 0. The number of hydroxylamine groups is 2. The third-order valence-corrected chi connectivity index (χ3v) is 5.15. The van der Waals surface area contributed by atoms with Crippen LogP contribution in [0.3, 0.4) is 0 Å². The van der Waals surface area contributed by atoms with Gasteiger partial charge in [0, 0.05) is 13.1 Å². The number of urea groups is 1. The lowest BCUT2D eigenvalue weighted by Gasteiger charge is -2.43. The van der Waals surface area contributed by atoms with E-state index in [2.05, 4.69) is 6.58 Å². The van der Waals surface area contributed by atoms with Crippen molar-refractivity contribution in [1.82, 2.24) is 9.96 Å². The Kier molecular flexibility index (Phi) is 3.52. The molecular weight excluding hydrogens is 240 g/mol. The Hall–Kier alpha value is -1.03. The molecule has 0 aromatic heterocycles. The Morgan fingerprint density at radius 3 is 2.68 bits per heavy atom. The number of carbonyl (C=O) groups excluding carboxylic acids is 1. The molecule has 0 N–H and O–H groups in total. The SMILES string of the molecule is C=CCON1C(=O)N2CCC3(CCCCCC3)[C@@H]1C2. The Bertz CT molecular complexity index is 361. The second kappa shape index (κ2) is 5.16. The van der Waals surface area contributed by atoms with Crippen LogP contribution in [0.2, 0.25) is 0 Å². The van der Waals surface area contributed by atoms with Crippen LogP contribution in [-0.2, 0) is 4.84 Å². The van der Waals surface area contributed by atoms with Crippen LogP contribution in [0.5, 0.6) is 0 Å². The molecule has 0 aromatic carbocycles. The first-order valence-electron chi connectivity index (χ1n) is 7.59. The van der Waals surface area contributed by atoms with E-state index in [9.17, 15) is 4.79 Å². The van der Waals surface area contributed by atoms with E-state index in [-0.39, 0.29) is 12.1 Å². The predicted octanol–water partition coefficient (Wildman–Crippen LogP) is 2.95. The molecule has 0 aromatic rings. The molecule has 0 radical (unpaired) electrons. The summed E-state index contributed by atoms with van der Waals surface area (Å²) in [5, 5.41) is 1.67. The van der Waals surface area contributed by atoms with E-state index in [0.29, 0.717) is 12.0 Å². The Labute approximate surface area is 115 Å². The molecule has 1 aliphatic carbocycles. The molecule has 19 heavy (non-hydrogen) atoms. The fourth-order valence-electron chi connectivity index (χ4n) is 4.08. The van der Waals surface area contributed by atoms with Crippen molar-refractivity contribution in [1.29, 1.82) is 0 Å². The van der Waals surface area contributed by atoms with E-state index in [1.54, 1.807) is 11.1 Å². The molecule has 2 saturated heterocycles. The minimum absolute atomic E-state index is 0.0629. The first kappa shape index (κ1) is 13.0. The Morgan fingerprint density at radius 2 is 2.00 bits per heavy atom. The van der Waals surface area contributed by atoms with Gasteiger partial charge in [0.1, 0.15) is 0 Å². The van der Waals surface area contributed by atoms with Crippen molar-refractivity contribution in [2.45, 2.75) is 51.0 Å². The highest BCUT2D eigenvalue weighted by Gasteiger charge is 2.53. The number of fused-ring (bicyclic) bond motifs is 3. The van der Waals surface area contributed by atoms with Crippen molar-refractivity contribution < 1.29 is 9.63 Å². The monoisotopic (exact) mass is 264 g/mol. The van der Waals surface area contributed by atoms with Crippen LogP contribution in [0.25, 0.3) is 0 Å². The van der Waals surface area contributed by atoms with Crippen LogP contribution < -0.4 is 0 Å². The van der Waals surface area contributed by atoms with Gasteiger partial charge in [0.25, 0.3) is 0 Å². The van der Waals surface area contributed by atoms with Crippen molar-refractivity contribution in [3.63, 3.8) is 0 Å². The standard InChI is InChI=1S/C15H24N2O2/c1-2-11-19-17-13-12-16(14(17)18)10-9-15(13)7-5-3-4-6-8-15/h2,13H,1,3-12H2/t13-/m0/s1. The van der Waals surface area contributed by atoms with Gasteiger partial charge in [-0.25, -0.2) is 4.79 Å². The average molecular weight is 264 g/mol. The summed E-state index contributed by atoms with van der Waals surface area (Å²) < 4.78 is 0. The van der Waals surface area contributed by atoms with Gasteiger partial charge in [-0.15, -0.1) is 6.58 Å². The van der Waals surface area contributed by atoms with Crippen LogP contribution in [-0.4, -0.2) is 41.7 Å². The fourth-order valence-corrected chi connectivity index (χ4v) is 4.08. The largest absolute Gasteiger partial charge is 0.344 e. The van der Waals surface area contributed by atoms with Gasteiger partial charge in [-0.1, -0.05) is 31.8 Å². The highest BCUT2D eigenvalue weighted by molar-refractivity contribution is 5.76. The molecule has 3 rings (SSSR count). The van der Waals surface area contributed by atoms with E-state index in [1.165, 1.54) is 38.5 Å². The number of nitrogens with zero attached hydrogens (tertiary/aromatic N) is 2. The normalized spacial score (nSPS) is 29.7. The van der Waals surface area contributed by atoms with Gasteiger partial charge in [-0.05, 0) is 24.7 Å². The summed E-state index contributed by atoms with van der Waals surface area (Å²) >= 11 is 0. The second-order valence-electron chi connectivity index (χ2n) is 6.18. The zero-order chi connectivity index (χ0) is 13.3. The van der Waals surface area contributed by atoms with Crippen molar-refractivity contribution in [2.24, 2.45) is 5.41 Å². The smallest absolute Gasteiger partial charge is 0.321 e. The highest BCUT2D eigenvalue weighted by atomic mass is 16.7. The van der Waals surface area contributed by atoms with E-state index in [4.69, 9.17) is 4.84 Å². The van der Waals surface area contributed by atoms with E-state index >= 15 is 0 Å². The average Bonchev–Trinajstić information content (AvgIpc) is 2.59. The van der Waals surface area contributed by atoms with Crippen molar-refractivity contribution >= 4 is 6.03 Å². The lowest BCUT2D eigenvalue weighted by molar-refractivity contribution is -0.148. The summed E-state index contributed by atoms with van der Waals surface area (Å²) in [5.74, 6) is 0. The predicted molar refractivity (Wildman–Crippen MR) is 73.5 cm³/mol. The summed E-state index contributed by atoms with van der Waals surface area (Å²) in [6.45, 7) is 5.86.